The molecule has 31 heavy (non-hydrogen) atoms. The van der Waals surface area contributed by atoms with Crippen LogP contribution in [0, 0.1) is 5.41 Å². The van der Waals surface area contributed by atoms with Crippen molar-refractivity contribution >= 4 is 0 Å². The molecule has 0 spiro atoms. The van der Waals surface area contributed by atoms with Gasteiger partial charge < -0.3 is 14.2 Å². The monoisotopic (exact) mass is 412 g/mol. The van der Waals surface area contributed by atoms with Gasteiger partial charge in [-0.15, -0.1) is 0 Å². The largest absolute Gasteiger partial charge is 0.484 e. The normalized spacial score (nSPS) is 30.7. The van der Waals surface area contributed by atoms with Crippen LogP contribution in [0.5, 0.6) is 0 Å². The molecule has 5 rings (SSSR count). The van der Waals surface area contributed by atoms with E-state index in [0.717, 1.165) is 16.7 Å². The molecule has 0 N–H and O–H groups in total. The van der Waals surface area contributed by atoms with Crippen LogP contribution in [0.15, 0.2) is 103 Å². The van der Waals surface area contributed by atoms with Gasteiger partial charge in [-0.2, -0.15) is 0 Å². The first-order valence-corrected chi connectivity index (χ1v) is 10.8. The summed E-state index contributed by atoms with van der Waals surface area (Å²) in [5.41, 5.74) is 1.21. The molecule has 3 aromatic rings. The third-order valence-corrected chi connectivity index (χ3v) is 7.09. The van der Waals surface area contributed by atoms with Crippen molar-refractivity contribution in [1.82, 2.24) is 0 Å². The van der Waals surface area contributed by atoms with Crippen LogP contribution < -0.4 is 0 Å². The fourth-order valence-corrected chi connectivity index (χ4v) is 5.56. The van der Waals surface area contributed by atoms with Gasteiger partial charge in [0.1, 0.15) is 5.60 Å². The molecule has 3 heteroatoms. The number of hydrogen-bond acceptors (Lipinski definition) is 3. The lowest BCUT2D eigenvalue weighted by atomic mass is 9.58. The highest BCUT2D eigenvalue weighted by atomic mass is 16.7. The van der Waals surface area contributed by atoms with Crippen LogP contribution in [0.1, 0.15) is 37.5 Å². The molecule has 158 valence electrons. The van der Waals surface area contributed by atoms with Crippen LogP contribution in [0.2, 0.25) is 0 Å². The zero-order valence-corrected chi connectivity index (χ0v) is 18.2. The zero-order chi connectivity index (χ0) is 21.6. The summed E-state index contributed by atoms with van der Waals surface area (Å²) in [6.07, 6.45) is 3.84. The van der Waals surface area contributed by atoms with Crippen molar-refractivity contribution in [2.24, 2.45) is 5.41 Å². The summed E-state index contributed by atoms with van der Waals surface area (Å²) in [6.45, 7) is 6.87. The SMILES string of the molecule is CC1(C)[C@@]2(c3ccccc3)OC=C[C@]1(c1ccccc1)O[C@]2(C)OCc1ccccc1. The van der Waals surface area contributed by atoms with Crippen molar-refractivity contribution in [3.63, 3.8) is 0 Å². The Hall–Kier alpha value is -2.88. The summed E-state index contributed by atoms with van der Waals surface area (Å²) in [5.74, 6) is -1.03. The van der Waals surface area contributed by atoms with Crippen molar-refractivity contribution in [2.75, 3.05) is 0 Å². The van der Waals surface area contributed by atoms with Crippen molar-refractivity contribution in [3.8, 4) is 0 Å². The Labute approximate surface area is 184 Å². The van der Waals surface area contributed by atoms with E-state index in [1.54, 1.807) is 6.26 Å². The van der Waals surface area contributed by atoms with Crippen LogP contribution in [0.25, 0.3) is 0 Å². The Morgan fingerprint density at radius 3 is 1.87 bits per heavy atom. The molecule has 2 aliphatic heterocycles. The molecule has 0 unspecified atom stereocenters. The van der Waals surface area contributed by atoms with Gasteiger partial charge in [-0.25, -0.2) is 0 Å². The second-order valence-corrected chi connectivity index (χ2v) is 9.02. The molecule has 2 aliphatic rings. The van der Waals surface area contributed by atoms with Crippen LogP contribution in [0.3, 0.4) is 0 Å². The molecule has 3 atom stereocenters. The molecule has 0 amide bonds. The molecular weight excluding hydrogens is 384 g/mol. The molecule has 2 bridgehead atoms. The maximum absolute atomic E-state index is 7.01. The minimum atomic E-state index is -1.03. The van der Waals surface area contributed by atoms with Crippen LogP contribution in [0.4, 0.5) is 0 Å². The molecule has 2 heterocycles. The predicted molar refractivity (Wildman–Crippen MR) is 121 cm³/mol. The standard InChI is InChI=1S/C28H28O3/c1-25(2)27(23-15-9-5-10-16-23)19-20-29-28(25,24-17-11-6-12-18-24)26(3,31-27)30-21-22-13-7-4-8-14-22/h4-20H,21H2,1-3H3/t26-,27+,28+/m0/s1. The van der Waals surface area contributed by atoms with Crippen molar-refractivity contribution < 1.29 is 14.2 Å². The summed E-state index contributed by atoms with van der Waals surface area (Å²) in [5, 5.41) is 0. The molecular formula is C28H28O3. The smallest absolute Gasteiger partial charge is 0.212 e. The maximum Gasteiger partial charge on any atom is 0.212 e. The van der Waals surface area contributed by atoms with E-state index in [1.165, 1.54) is 0 Å². The fraction of sp³-hybridized carbons (Fsp3) is 0.286. The molecule has 0 aromatic heterocycles. The average Bonchev–Trinajstić information content (AvgIpc) is 2.89. The van der Waals surface area contributed by atoms with Crippen molar-refractivity contribution in [2.45, 2.75) is 44.4 Å². The van der Waals surface area contributed by atoms with Crippen LogP contribution in [-0.2, 0) is 32.0 Å². The first-order valence-electron chi connectivity index (χ1n) is 10.8. The van der Waals surface area contributed by atoms with Gasteiger partial charge in [0.05, 0.1) is 18.3 Å². The zero-order valence-electron chi connectivity index (χ0n) is 18.2. The van der Waals surface area contributed by atoms with Gasteiger partial charge in [-0.3, -0.25) is 0 Å². The fourth-order valence-electron chi connectivity index (χ4n) is 5.56. The van der Waals surface area contributed by atoms with Gasteiger partial charge in [-0.05, 0) is 24.1 Å². The summed E-state index contributed by atoms with van der Waals surface area (Å²) >= 11 is 0. The van der Waals surface area contributed by atoms with Gasteiger partial charge in [0.15, 0.2) is 5.60 Å². The van der Waals surface area contributed by atoms with Crippen molar-refractivity contribution in [1.29, 1.82) is 0 Å². The minimum absolute atomic E-state index is 0.427. The predicted octanol–water partition coefficient (Wildman–Crippen LogP) is 6.31. The third kappa shape index (κ3) is 2.67. The van der Waals surface area contributed by atoms with Gasteiger partial charge in [0.25, 0.3) is 0 Å². The molecule has 0 radical (unpaired) electrons. The number of benzene rings is 3. The summed E-state index contributed by atoms with van der Waals surface area (Å²) in [6, 6.07) is 30.9. The van der Waals surface area contributed by atoms with E-state index in [1.807, 2.05) is 55.5 Å². The maximum atomic E-state index is 7.01. The lowest BCUT2D eigenvalue weighted by Crippen LogP contribution is -2.57. The lowest BCUT2D eigenvalue weighted by molar-refractivity contribution is -0.296. The van der Waals surface area contributed by atoms with E-state index in [4.69, 9.17) is 14.2 Å². The van der Waals surface area contributed by atoms with E-state index < -0.39 is 22.4 Å². The Kier molecular flexibility index (Phi) is 4.58. The molecule has 0 aliphatic carbocycles. The van der Waals surface area contributed by atoms with E-state index in [2.05, 4.69) is 62.4 Å². The van der Waals surface area contributed by atoms with Gasteiger partial charge in [-0.1, -0.05) is 105 Å². The number of hydrogen-bond donors (Lipinski definition) is 0. The van der Waals surface area contributed by atoms with E-state index in [0.29, 0.717) is 6.61 Å². The summed E-state index contributed by atoms with van der Waals surface area (Å²) in [4.78, 5) is 0. The van der Waals surface area contributed by atoms with Gasteiger partial charge in [0, 0.05) is 5.56 Å². The lowest BCUT2D eigenvalue weighted by Gasteiger charge is -2.50. The Bertz CT molecular complexity index is 1080. The second-order valence-electron chi connectivity index (χ2n) is 9.02. The van der Waals surface area contributed by atoms with Crippen LogP contribution in [-0.4, -0.2) is 5.79 Å². The molecule has 3 aromatic carbocycles. The third-order valence-electron chi connectivity index (χ3n) is 7.09. The Morgan fingerprint density at radius 2 is 1.26 bits per heavy atom. The molecule has 1 saturated heterocycles. The Balaban J connectivity index is 1.69. The van der Waals surface area contributed by atoms with Gasteiger partial charge >= 0.3 is 0 Å². The number of rotatable bonds is 5. The average molecular weight is 413 g/mol. The second kappa shape index (κ2) is 7.08. The highest BCUT2D eigenvalue weighted by Gasteiger charge is 2.78. The first kappa shape index (κ1) is 20.0. The van der Waals surface area contributed by atoms with Crippen molar-refractivity contribution in [3.05, 3.63) is 120 Å². The first-order chi connectivity index (χ1) is 15.0. The summed E-state index contributed by atoms with van der Waals surface area (Å²) in [7, 11) is 0. The number of ether oxygens (including phenoxy) is 3. The molecule has 1 fully saturated rings. The highest BCUT2D eigenvalue weighted by molar-refractivity contribution is 5.43. The minimum Gasteiger partial charge on any atom is -0.484 e. The highest BCUT2D eigenvalue weighted by Crippen LogP contribution is 2.70. The molecule has 3 nitrogen and oxygen atoms in total. The van der Waals surface area contributed by atoms with Gasteiger partial charge in [0.2, 0.25) is 5.79 Å². The molecule has 0 saturated carbocycles. The number of fused-ring (bicyclic) bond motifs is 2. The van der Waals surface area contributed by atoms with E-state index in [-0.39, 0.29) is 0 Å². The topological polar surface area (TPSA) is 27.7 Å². The van der Waals surface area contributed by atoms with E-state index >= 15 is 0 Å². The van der Waals surface area contributed by atoms with Crippen LogP contribution >= 0.6 is 0 Å². The van der Waals surface area contributed by atoms with E-state index in [9.17, 15) is 0 Å². The summed E-state index contributed by atoms with van der Waals surface area (Å²) < 4.78 is 20.2. The Morgan fingerprint density at radius 1 is 0.710 bits per heavy atom. The quantitative estimate of drug-likeness (QED) is 0.491.